The minimum atomic E-state index is -0.351. The van der Waals surface area contributed by atoms with Gasteiger partial charge in [0.05, 0.1) is 6.26 Å². The minimum absolute atomic E-state index is 0.0401. The van der Waals surface area contributed by atoms with Crippen LogP contribution in [0, 0.1) is 0 Å². The van der Waals surface area contributed by atoms with E-state index in [1.165, 1.54) is 4.90 Å². The Labute approximate surface area is 149 Å². The van der Waals surface area contributed by atoms with E-state index < -0.39 is 0 Å². The summed E-state index contributed by atoms with van der Waals surface area (Å²) in [5, 5.41) is 9.49. The van der Waals surface area contributed by atoms with Crippen molar-refractivity contribution in [3.63, 3.8) is 0 Å². The van der Waals surface area contributed by atoms with Crippen LogP contribution in [0.15, 0.2) is 53.1 Å². The van der Waals surface area contributed by atoms with Gasteiger partial charge >= 0.3 is 0 Å². The summed E-state index contributed by atoms with van der Waals surface area (Å²) >= 11 is 0. The Kier molecular flexibility index (Phi) is 5.02. The zero-order chi connectivity index (χ0) is 18.5. The summed E-state index contributed by atoms with van der Waals surface area (Å²) in [5.41, 5.74) is 1.45. The number of nitrogens with zero attached hydrogens (tertiary/aromatic N) is 2. The summed E-state index contributed by atoms with van der Waals surface area (Å²) in [4.78, 5) is 25.2. The lowest BCUT2D eigenvalue weighted by Gasteiger charge is -2.11. The molecule has 1 aromatic carbocycles. The normalized spacial score (nSPS) is 10.4. The van der Waals surface area contributed by atoms with Crippen LogP contribution in [-0.2, 0) is 4.79 Å². The van der Waals surface area contributed by atoms with Gasteiger partial charge in [-0.05, 0) is 36.4 Å². The molecular formula is C18H18N4O4. The summed E-state index contributed by atoms with van der Waals surface area (Å²) in [6, 6.07) is 11.9. The van der Waals surface area contributed by atoms with Crippen LogP contribution < -0.4 is 10.1 Å². The average Bonchev–Trinajstić information content (AvgIpc) is 3.31. The Morgan fingerprint density at radius 1 is 1.23 bits per heavy atom. The van der Waals surface area contributed by atoms with Gasteiger partial charge in [0.2, 0.25) is 0 Å². The molecule has 2 N–H and O–H groups in total. The second-order valence-electron chi connectivity index (χ2n) is 5.70. The van der Waals surface area contributed by atoms with Crippen LogP contribution in [0.4, 0.5) is 5.69 Å². The standard InChI is InChI=1S/C18H18N4O4/c1-22(2)17(23)11-26-13-7-5-12(6-8-13)19-18(24)15-10-14(20-21-15)16-4-3-9-25-16/h3-10H,11H2,1-2H3,(H,19,24)(H,20,21). The molecule has 0 saturated carbocycles. The summed E-state index contributed by atoms with van der Waals surface area (Å²) in [5.74, 6) is 0.659. The number of anilines is 1. The van der Waals surface area contributed by atoms with Gasteiger partial charge < -0.3 is 19.4 Å². The van der Waals surface area contributed by atoms with Crippen molar-refractivity contribution < 1.29 is 18.7 Å². The third-order valence-corrected chi connectivity index (χ3v) is 3.57. The topological polar surface area (TPSA) is 100 Å². The number of amides is 2. The Morgan fingerprint density at radius 3 is 2.65 bits per heavy atom. The summed E-state index contributed by atoms with van der Waals surface area (Å²) in [6.07, 6.45) is 1.55. The number of hydrogen-bond acceptors (Lipinski definition) is 5. The van der Waals surface area contributed by atoms with E-state index in [4.69, 9.17) is 9.15 Å². The highest BCUT2D eigenvalue weighted by Gasteiger charge is 2.13. The van der Waals surface area contributed by atoms with E-state index in [1.807, 2.05) is 0 Å². The second-order valence-corrected chi connectivity index (χ2v) is 5.70. The number of furan rings is 1. The number of hydrogen-bond donors (Lipinski definition) is 2. The van der Waals surface area contributed by atoms with Gasteiger partial charge in [0.25, 0.3) is 11.8 Å². The number of nitrogens with one attached hydrogen (secondary N) is 2. The highest BCUT2D eigenvalue weighted by molar-refractivity contribution is 6.03. The van der Waals surface area contributed by atoms with Crippen molar-refractivity contribution in [2.24, 2.45) is 0 Å². The number of carbonyl (C=O) groups excluding carboxylic acids is 2. The number of ether oxygens (including phenoxy) is 1. The van der Waals surface area contributed by atoms with Gasteiger partial charge in [0.15, 0.2) is 18.1 Å². The smallest absolute Gasteiger partial charge is 0.276 e. The third-order valence-electron chi connectivity index (χ3n) is 3.57. The molecule has 2 amide bonds. The zero-order valence-corrected chi connectivity index (χ0v) is 14.4. The lowest BCUT2D eigenvalue weighted by Crippen LogP contribution is -2.27. The van der Waals surface area contributed by atoms with Gasteiger partial charge in [-0.3, -0.25) is 14.7 Å². The summed E-state index contributed by atoms with van der Waals surface area (Å²) in [7, 11) is 3.33. The first kappa shape index (κ1) is 17.3. The number of likely N-dealkylation sites (N-methyl/N-ethyl adjacent to an activating group) is 1. The summed E-state index contributed by atoms with van der Waals surface area (Å²) in [6.45, 7) is -0.0401. The minimum Gasteiger partial charge on any atom is -0.484 e. The molecule has 0 unspecified atom stereocenters. The van der Waals surface area contributed by atoms with Crippen LogP contribution in [0.25, 0.3) is 11.5 Å². The Balaban J connectivity index is 1.58. The van der Waals surface area contributed by atoms with Crippen molar-refractivity contribution in [1.82, 2.24) is 15.1 Å². The van der Waals surface area contributed by atoms with Crippen LogP contribution >= 0.6 is 0 Å². The maximum atomic E-state index is 12.3. The molecule has 0 radical (unpaired) electrons. The number of rotatable bonds is 6. The molecule has 0 bridgehead atoms. The quantitative estimate of drug-likeness (QED) is 0.708. The molecule has 3 rings (SSSR count). The molecule has 2 heterocycles. The number of benzene rings is 1. The fourth-order valence-corrected chi connectivity index (χ4v) is 2.10. The van der Waals surface area contributed by atoms with Crippen LogP contribution in [0.1, 0.15) is 10.5 Å². The van der Waals surface area contributed by atoms with Crippen LogP contribution in [0.2, 0.25) is 0 Å². The molecule has 3 aromatic rings. The van der Waals surface area contributed by atoms with Crippen molar-refractivity contribution in [3.05, 3.63) is 54.4 Å². The van der Waals surface area contributed by atoms with E-state index in [-0.39, 0.29) is 24.1 Å². The van der Waals surface area contributed by atoms with E-state index in [0.29, 0.717) is 22.9 Å². The maximum Gasteiger partial charge on any atom is 0.276 e. The molecular weight excluding hydrogens is 336 g/mol. The van der Waals surface area contributed by atoms with Crippen LogP contribution in [0.3, 0.4) is 0 Å². The average molecular weight is 354 g/mol. The lowest BCUT2D eigenvalue weighted by molar-refractivity contribution is -0.130. The molecule has 8 nitrogen and oxygen atoms in total. The number of carbonyl (C=O) groups is 2. The second kappa shape index (κ2) is 7.56. The highest BCUT2D eigenvalue weighted by atomic mass is 16.5. The van der Waals surface area contributed by atoms with Crippen LogP contribution in [-0.4, -0.2) is 47.6 Å². The number of aromatic nitrogens is 2. The van der Waals surface area contributed by atoms with Gasteiger partial charge in [-0.2, -0.15) is 5.10 Å². The molecule has 26 heavy (non-hydrogen) atoms. The molecule has 0 aliphatic carbocycles. The predicted octanol–water partition coefficient (Wildman–Crippen LogP) is 2.39. The predicted molar refractivity (Wildman–Crippen MR) is 94.9 cm³/mol. The number of aromatic amines is 1. The molecule has 0 aliphatic rings. The highest BCUT2D eigenvalue weighted by Crippen LogP contribution is 2.19. The molecule has 0 atom stereocenters. The monoisotopic (exact) mass is 354 g/mol. The van der Waals surface area contributed by atoms with Crippen molar-refractivity contribution >= 4 is 17.5 Å². The largest absolute Gasteiger partial charge is 0.484 e. The first-order valence-corrected chi connectivity index (χ1v) is 7.86. The third kappa shape index (κ3) is 4.10. The molecule has 134 valence electrons. The van der Waals surface area contributed by atoms with Gasteiger partial charge in [0.1, 0.15) is 11.4 Å². The van der Waals surface area contributed by atoms with Gasteiger partial charge in [-0.15, -0.1) is 0 Å². The van der Waals surface area contributed by atoms with E-state index in [1.54, 1.807) is 62.8 Å². The van der Waals surface area contributed by atoms with Crippen molar-refractivity contribution in [2.45, 2.75) is 0 Å². The van der Waals surface area contributed by atoms with Crippen molar-refractivity contribution in [3.8, 4) is 17.2 Å². The molecule has 0 aliphatic heterocycles. The van der Waals surface area contributed by atoms with E-state index in [0.717, 1.165) is 0 Å². The zero-order valence-electron chi connectivity index (χ0n) is 14.4. The summed E-state index contributed by atoms with van der Waals surface area (Å²) < 4.78 is 10.6. The van der Waals surface area contributed by atoms with E-state index >= 15 is 0 Å². The number of H-pyrrole nitrogens is 1. The lowest BCUT2D eigenvalue weighted by atomic mass is 10.2. The Hall–Kier alpha value is -3.55. The fraction of sp³-hybridized carbons (Fsp3) is 0.167. The van der Waals surface area contributed by atoms with Crippen molar-refractivity contribution in [2.75, 3.05) is 26.0 Å². The molecule has 8 heteroatoms. The van der Waals surface area contributed by atoms with Gasteiger partial charge in [-0.25, -0.2) is 0 Å². The molecule has 0 saturated heterocycles. The molecule has 0 spiro atoms. The Bertz CT molecular complexity index is 882. The van der Waals surface area contributed by atoms with E-state index in [2.05, 4.69) is 15.5 Å². The maximum absolute atomic E-state index is 12.3. The first-order chi connectivity index (χ1) is 12.5. The van der Waals surface area contributed by atoms with Gasteiger partial charge in [0, 0.05) is 25.8 Å². The first-order valence-electron chi connectivity index (χ1n) is 7.86. The van der Waals surface area contributed by atoms with Gasteiger partial charge in [-0.1, -0.05) is 0 Å². The van der Waals surface area contributed by atoms with E-state index in [9.17, 15) is 9.59 Å². The van der Waals surface area contributed by atoms with Crippen molar-refractivity contribution in [1.29, 1.82) is 0 Å². The Morgan fingerprint density at radius 2 is 2.00 bits per heavy atom. The SMILES string of the molecule is CN(C)C(=O)COc1ccc(NC(=O)c2cc(-c3ccco3)[nH]n2)cc1. The van der Waals surface area contributed by atoms with Crippen LogP contribution in [0.5, 0.6) is 5.75 Å². The fourth-order valence-electron chi connectivity index (χ4n) is 2.10. The molecule has 0 fully saturated rings. The molecule has 2 aromatic heterocycles.